The van der Waals surface area contributed by atoms with Gasteiger partial charge in [0.1, 0.15) is 0 Å². The number of carbonyl (C=O) groups is 1. The van der Waals surface area contributed by atoms with Crippen molar-refractivity contribution in [3.63, 3.8) is 0 Å². The molecule has 2 aromatic carbocycles. The zero-order valence-electron chi connectivity index (χ0n) is 15.9. The summed E-state index contributed by atoms with van der Waals surface area (Å²) in [7, 11) is 0. The first-order valence-electron chi connectivity index (χ1n) is 9.55. The molecule has 0 spiro atoms. The Balaban J connectivity index is 1.29. The van der Waals surface area contributed by atoms with E-state index in [1.54, 1.807) is 18.2 Å². The number of amides is 1. The molecule has 1 saturated heterocycles. The first-order valence-corrected chi connectivity index (χ1v) is 11.1. The van der Waals surface area contributed by atoms with Crippen molar-refractivity contribution in [2.75, 3.05) is 18.4 Å². The predicted molar refractivity (Wildman–Crippen MR) is 121 cm³/mol. The predicted octanol–water partition coefficient (Wildman–Crippen LogP) is 5.66. The number of carbonyl (C=O) groups excluding carboxylic acids is 1. The van der Waals surface area contributed by atoms with E-state index in [2.05, 4.69) is 36.3 Å². The summed E-state index contributed by atoms with van der Waals surface area (Å²) < 4.78 is 6.41. The molecule has 6 nitrogen and oxygen atoms in total. The van der Waals surface area contributed by atoms with Gasteiger partial charge in [-0.2, -0.15) is 4.98 Å². The molecule has 2 heterocycles. The molecule has 0 atom stereocenters. The fraction of sp³-hybridized carbons (Fsp3) is 0.286. The minimum Gasteiger partial charge on any atom is -0.338 e. The SMILES string of the molecule is O=C(Nc1ccc(Cl)c(Cl)c1)C1CCN(Cc2nc(-c3ccc(Br)cc3)no2)CC1. The maximum atomic E-state index is 12.6. The second-order valence-corrected chi connectivity index (χ2v) is 8.92. The molecule has 30 heavy (non-hydrogen) atoms. The van der Waals surface area contributed by atoms with E-state index in [1.807, 2.05) is 24.3 Å². The van der Waals surface area contributed by atoms with Gasteiger partial charge in [-0.1, -0.05) is 44.3 Å². The molecule has 4 rings (SSSR count). The molecule has 1 amide bonds. The van der Waals surface area contributed by atoms with E-state index in [0.717, 1.165) is 36.0 Å². The number of nitrogens with one attached hydrogen (secondary N) is 1. The molecule has 0 aliphatic carbocycles. The van der Waals surface area contributed by atoms with Crippen LogP contribution in [0.2, 0.25) is 10.0 Å². The van der Waals surface area contributed by atoms with Gasteiger partial charge in [-0.3, -0.25) is 9.69 Å². The van der Waals surface area contributed by atoms with E-state index in [-0.39, 0.29) is 11.8 Å². The highest BCUT2D eigenvalue weighted by atomic mass is 79.9. The van der Waals surface area contributed by atoms with Crippen LogP contribution in [-0.2, 0) is 11.3 Å². The van der Waals surface area contributed by atoms with Crippen molar-refractivity contribution in [3.8, 4) is 11.4 Å². The second kappa shape index (κ2) is 9.47. The van der Waals surface area contributed by atoms with Crippen LogP contribution in [0.1, 0.15) is 18.7 Å². The van der Waals surface area contributed by atoms with Crippen LogP contribution >= 0.6 is 39.1 Å². The Morgan fingerprint density at radius 1 is 1.13 bits per heavy atom. The highest BCUT2D eigenvalue weighted by molar-refractivity contribution is 9.10. The zero-order chi connectivity index (χ0) is 21.1. The molecule has 156 valence electrons. The van der Waals surface area contributed by atoms with Gasteiger partial charge >= 0.3 is 0 Å². The highest BCUT2D eigenvalue weighted by Crippen LogP contribution is 2.27. The molecule has 1 aromatic heterocycles. The lowest BCUT2D eigenvalue weighted by Crippen LogP contribution is -2.37. The van der Waals surface area contributed by atoms with Gasteiger partial charge in [-0.25, -0.2) is 0 Å². The lowest BCUT2D eigenvalue weighted by atomic mass is 9.96. The highest BCUT2D eigenvalue weighted by Gasteiger charge is 2.26. The van der Waals surface area contributed by atoms with E-state index in [9.17, 15) is 4.79 Å². The number of hydrogen-bond acceptors (Lipinski definition) is 5. The van der Waals surface area contributed by atoms with Gasteiger partial charge in [-0.15, -0.1) is 0 Å². The Labute approximate surface area is 192 Å². The molecular weight excluding hydrogens is 491 g/mol. The minimum atomic E-state index is -0.0447. The zero-order valence-corrected chi connectivity index (χ0v) is 19.0. The summed E-state index contributed by atoms with van der Waals surface area (Å²) in [5, 5.41) is 7.89. The fourth-order valence-electron chi connectivity index (χ4n) is 3.40. The lowest BCUT2D eigenvalue weighted by Gasteiger charge is -2.30. The first-order chi connectivity index (χ1) is 14.5. The first kappa shape index (κ1) is 21.3. The Bertz CT molecular complexity index is 1030. The molecule has 1 aliphatic heterocycles. The van der Waals surface area contributed by atoms with Crippen LogP contribution in [-0.4, -0.2) is 34.0 Å². The minimum absolute atomic E-state index is 0.00311. The summed E-state index contributed by atoms with van der Waals surface area (Å²) >= 11 is 15.4. The Kier molecular flexibility index (Phi) is 6.73. The quantitative estimate of drug-likeness (QED) is 0.480. The summed E-state index contributed by atoms with van der Waals surface area (Å²) in [5.74, 6) is 1.11. The maximum Gasteiger partial charge on any atom is 0.241 e. The third kappa shape index (κ3) is 5.21. The van der Waals surface area contributed by atoms with Gasteiger partial charge in [0.15, 0.2) is 0 Å². The molecule has 1 fully saturated rings. The van der Waals surface area contributed by atoms with E-state index in [0.29, 0.717) is 34.0 Å². The van der Waals surface area contributed by atoms with Crippen molar-refractivity contribution in [2.45, 2.75) is 19.4 Å². The number of anilines is 1. The van der Waals surface area contributed by atoms with Gasteiger partial charge < -0.3 is 9.84 Å². The topological polar surface area (TPSA) is 71.3 Å². The Morgan fingerprint density at radius 3 is 2.57 bits per heavy atom. The van der Waals surface area contributed by atoms with Crippen molar-refractivity contribution < 1.29 is 9.32 Å². The lowest BCUT2D eigenvalue weighted by molar-refractivity contribution is -0.121. The largest absolute Gasteiger partial charge is 0.338 e. The average Bonchev–Trinajstić information content (AvgIpc) is 3.20. The van der Waals surface area contributed by atoms with Crippen LogP contribution in [0, 0.1) is 5.92 Å². The number of halogens is 3. The standard InChI is InChI=1S/C21H19BrCl2N4O2/c22-15-3-1-13(2-4-15)20-26-19(30-27-20)12-28-9-7-14(8-10-28)21(29)25-16-5-6-17(23)18(24)11-16/h1-6,11,14H,7-10,12H2,(H,25,29). The van der Waals surface area contributed by atoms with Crippen LogP contribution in [0.4, 0.5) is 5.69 Å². The van der Waals surface area contributed by atoms with E-state index in [4.69, 9.17) is 27.7 Å². The molecule has 0 saturated carbocycles. The molecule has 0 radical (unpaired) electrons. The number of nitrogens with zero attached hydrogens (tertiary/aromatic N) is 3. The molecule has 0 bridgehead atoms. The third-order valence-electron chi connectivity index (χ3n) is 5.07. The van der Waals surface area contributed by atoms with Crippen molar-refractivity contribution in [1.29, 1.82) is 0 Å². The Hall–Kier alpha value is -1.93. The number of piperidine rings is 1. The van der Waals surface area contributed by atoms with Crippen LogP contribution in [0.5, 0.6) is 0 Å². The van der Waals surface area contributed by atoms with Gasteiger partial charge in [0.05, 0.1) is 16.6 Å². The van der Waals surface area contributed by atoms with Crippen molar-refractivity contribution in [1.82, 2.24) is 15.0 Å². The van der Waals surface area contributed by atoms with Crippen LogP contribution in [0.3, 0.4) is 0 Å². The summed E-state index contributed by atoms with van der Waals surface area (Å²) in [6.45, 7) is 2.15. The molecule has 1 N–H and O–H groups in total. The summed E-state index contributed by atoms with van der Waals surface area (Å²) in [4.78, 5) is 19.3. The molecule has 0 unspecified atom stereocenters. The number of aromatic nitrogens is 2. The number of rotatable bonds is 5. The van der Waals surface area contributed by atoms with E-state index in [1.165, 1.54) is 0 Å². The third-order valence-corrected chi connectivity index (χ3v) is 6.34. The smallest absolute Gasteiger partial charge is 0.241 e. The number of likely N-dealkylation sites (tertiary alicyclic amines) is 1. The summed E-state index contributed by atoms with van der Waals surface area (Å²) in [5.41, 5.74) is 1.56. The number of benzene rings is 2. The fourth-order valence-corrected chi connectivity index (χ4v) is 3.96. The number of hydrogen-bond donors (Lipinski definition) is 1. The summed E-state index contributed by atoms with van der Waals surface area (Å²) in [6, 6.07) is 12.9. The van der Waals surface area contributed by atoms with Gasteiger partial charge in [0, 0.05) is 21.6 Å². The Morgan fingerprint density at radius 2 is 1.87 bits per heavy atom. The van der Waals surface area contributed by atoms with Crippen molar-refractivity contribution in [3.05, 3.63) is 62.9 Å². The van der Waals surface area contributed by atoms with Crippen molar-refractivity contribution >= 4 is 50.7 Å². The second-order valence-electron chi connectivity index (χ2n) is 7.19. The van der Waals surface area contributed by atoms with Crippen LogP contribution < -0.4 is 5.32 Å². The van der Waals surface area contributed by atoms with Gasteiger partial charge in [0.2, 0.25) is 17.6 Å². The molecular formula is C21H19BrCl2N4O2. The van der Waals surface area contributed by atoms with Crippen LogP contribution in [0.25, 0.3) is 11.4 Å². The van der Waals surface area contributed by atoms with E-state index >= 15 is 0 Å². The monoisotopic (exact) mass is 508 g/mol. The van der Waals surface area contributed by atoms with Crippen molar-refractivity contribution in [2.24, 2.45) is 5.92 Å². The van der Waals surface area contributed by atoms with Crippen LogP contribution in [0.15, 0.2) is 51.5 Å². The molecule has 3 aromatic rings. The molecule has 9 heteroatoms. The van der Waals surface area contributed by atoms with Gasteiger partial charge in [0.25, 0.3) is 0 Å². The normalized spacial score (nSPS) is 15.3. The summed E-state index contributed by atoms with van der Waals surface area (Å²) in [6.07, 6.45) is 1.53. The van der Waals surface area contributed by atoms with E-state index < -0.39 is 0 Å². The maximum absolute atomic E-state index is 12.6. The average molecular weight is 510 g/mol. The van der Waals surface area contributed by atoms with Gasteiger partial charge in [-0.05, 0) is 68.4 Å². The molecule has 1 aliphatic rings.